The van der Waals surface area contributed by atoms with E-state index >= 15 is 0 Å². The maximum absolute atomic E-state index is 5.87. The number of nitrogens with zero attached hydrogens (tertiary/aromatic N) is 1. The summed E-state index contributed by atoms with van der Waals surface area (Å²) >= 11 is 0. The molecule has 6 nitrogen and oxygen atoms in total. The number of hydrogen-bond acceptors (Lipinski definition) is 4. The molecule has 0 aliphatic carbocycles. The Morgan fingerprint density at radius 3 is 2.69 bits per heavy atom. The van der Waals surface area contributed by atoms with Crippen molar-refractivity contribution in [1.29, 1.82) is 0 Å². The SMILES string of the molecule is CN=C(NCCCOCc1ccc(OC)cc1)NC1CC2CCC1O2.I. The van der Waals surface area contributed by atoms with Gasteiger partial charge in [0.15, 0.2) is 5.96 Å². The third-order valence-electron chi connectivity index (χ3n) is 4.84. The molecule has 1 aromatic carbocycles. The van der Waals surface area contributed by atoms with Crippen LogP contribution in [-0.4, -0.2) is 51.5 Å². The number of ether oxygens (including phenoxy) is 3. The van der Waals surface area contributed by atoms with Crippen molar-refractivity contribution in [2.45, 2.75) is 50.5 Å². The van der Waals surface area contributed by atoms with Gasteiger partial charge in [0, 0.05) is 20.2 Å². The second kappa shape index (κ2) is 10.9. The molecule has 146 valence electrons. The van der Waals surface area contributed by atoms with Crippen molar-refractivity contribution < 1.29 is 14.2 Å². The normalized spacial score (nSPS) is 24.2. The standard InChI is InChI=1S/C19H29N3O3.HI/c1-20-19(22-17-12-16-8-9-18(17)25-16)21-10-3-11-24-13-14-4-6-15(23-2)7-5-14;/h4-7,16-18H,3,8-13H2,1-2H3,(H2,20,21,22);1H. The molecule has 2 heterocycles. The Bertz CT molecular complexity index is 568. The van der Waals surface area contributed by atoms with E-state index in [0.29, 0.717) is 31.5 Å². The van der Waals surface area contributed by atoms with E-state index in [9.17, 15) is 0 Å². The third kappa shape index (κ3) is 5.99. The Morgan fingerprint density at radius 2 is 2.08 bits per heavy atom. The summed E-state index contributed by atoms with van der Waals surface area (Å²) in [6, 6.07) is 8.36. The molecular weight excluding hydrogens is 445 g/mol. The minimum absolute atomic E-state index is 0. The summed E-state index contributed by atoms with van der Waals surface area (Å²) in [6.45, 7) is 2.18. The predicted molar refractivity (Wildman–Crippen MR) is 113 cm³/mol. The lowest BCUT2D eigenvalue weighted by atomic mass is 9.96. The van der Waals surface area contributed by atoms with Crippen molar-refractivity contribution >= 4 is 29.9 Å². The van der Waals surface area contributed by atoms with Gasteiger partial charge in [-0.25, -0.2) is 0 Å². The van der Waals surface area contributed by atoms with Crippen LogP contribution in [0.25, 0.3) is 0 Å². The molecule has 2 aliphatic heterocycles. The minimum Gasteiger partial charge on any atom is -0.497 e. The molecule has 3 unspecified atom stereocenters. The number of fused-ring (bicyclic) bond motifs is 2. The predicted octanol–water partition coefficient (Wildman–Crippen LogP) is 2.70. The van der Waals surface area contributed by atoms with Gasteiger partial charge in [-0.15, -0.1) is 24.0 Å². The lowest BCUT2D eigenvalue weighted by Crippen LogP contribution is -2.47. The van der Waals surface area contributed by atoms with Gasteiger partial charge >= 0.3 is 0 Å². The lowest BCUT2D eigenvalue weighted by molar-refractivity contribution is 0.0992. The Morgan fingerprint density at radius 1 is 1.27 bits per heavy atom. The summed E-state index contributed by atoms with van der Waals surface area (Å²) in [5, 5.41) is 6.84. The fourth-order valence-electron chi connectivity index (χ4n) is 3.45. The molecule has 2 bridgehead atoms. The summed E-state index contributed by atoms with van der Waals surface area (Å²) in [5.41, 5.74) is 1.16. The van der Waals surface area contributed by atoms with Crippen LogP contribution in [0.1, 0.15) is 31.2 Å². The number of rotatable bonds is 8. The second-order valence-electron chi connectivity index (χ2n) is 6.61. The largest absolute Gasteiger partial charge is 0.497 e. The van der Waals surface area contributed by atoms with Crippen LogP contribution in [-0.2, 0) is 16.1 Å². The van der Waals surface area contributed by atoms with E-state index < -0.39 is 0 Å². The topological polar surface area (TPSA) is 64.1 Å². The van der Waals surface area contributed by atoms with E-state index in [1.54, 1.807) is 7.11 Å². The fraction of sp³-hybridized carbons (Fsp3) is 0.632. The van der Waals surface area contributed by atoms with Crippen LogP contribution >= 0.6 is 24.0 Å². The van der Waals surface area contributed by atoms with Gasteiger partial charge in [0.1, 0.15) is 5.75 Å². The monoisotopic (exact) mass is 475 g/mol. The van der Waals surface area contributed by atoms with Crippen LogP contribution in [0.2, 0.25) is 0 Å². The molecule has 3 rings (SSSR count). The number of methoxy groups -OCH3 is 1. The summed E-state index contributed by atoms with van der Waals surface area (Å²) in [7, 11) is 3.48. The van der Waals surface area contributed by atoms with Gasteiger partial charge in [0.2, 0.25) is 0 Å². The quantitative estimate of drug-likeness (QED) is 0.262. The van der Waals surface area contributed by atoms with Crippen LogP contribution in [0.15, 0.2) is 29.3 Å². The van der Waals surface area contributed by atoms with Crippen molar-refractivity contribution in [2.75, 3.05) is 27.3 Å². The summed E-state index contributed by atoms with van der Waals surface area (Å²) in [5.74, 6) is 1.73. The highest BCUT2D eigenvalue weighted by molar-refractivity contribution is 14.0. The zero-order valence-electron chi connectivity index (χ0n) is 15.6. The zero-order chi connectivity index (χ0) is 17.5. The maximum atomic E-state index is 5.87. The first-order valence-corrected chi connectivity index (χ1v) is 9.12. The highest BCUT2D eigenvalue weighted by atomic mass is 127. The highest BCUT2D eigenvalue weighted by Gasteiger charge is 2.41. The molecule has 0 amide bonds. The van der Waals surface area contributed by atoms with E-state index in [0.717, 1.165) is 36.7 Å². The number of nitrogens with one attached hydrogen (secondary N) is 2. The Kier molecular flexibility index (Phi) is 8.94. The molecule has 2 aliphatic rings. The van der Waals surface area contributed by atoms with Crippen molar-refractivity contribution in [1.82, 2.24) is 10.6 Å². The summed E-state index contributed by atoms with van der Waals surface area (Å²) in [6.07, 6.45) is 5.21. The van der Waals surface area contributed by atoms with E-state index in [1.807, 2.05) is 31.3 Å². The average Bonchev–Trinajstić information content (AvgIpc) is 3.27. The molecule has 1 aromatic rings. The van der Waals surface area contributed by atoms with Gasteiger partial charge < -0.3 is 24.8 Å². The van der Waals surface area contributed by atoms with Crippen molar-refractivity contribution in [3.8, 4) is 5.75 Å². The lowest BCUT2D eigenvalue weighted by Gasteiger charge is -2.22. The molecule has 7 heteroatoms. The second-order valence-corrected chi connectivity index (χ2v) is 6.61. The van der Waals surface area contributed by atoms with E-state index in [-0.39, 0.29) is 24.0 Å². The Balaban J connectivity index is 0.00000243. The van der Waals surface area contributed by atoms with E-state index in [2.05, 4.69) is 15.6 Å². The van der Waals surface area contributed by atoms with Gasteiger partial charge in [-0.3, -0.25) is 4.99 Å². The highest BCUT2D eigenvalue weighted by Crippen LogP contribution is 2.34. The van der Waals surface area contributed by atoms with E-state index in [4.69, 9.17) is 14.2 Å². The molecule has 3 atom stereocenters. The first-order valence-electron chi connectivity index (χ1n) is 9.12. The molecule has 0 saturated carbocycles. The van der Waals surface area contributed by atoms with Crippen LogP contribution in [0.4, 0.5) is 0 Å². The molecule has 2 N–H and O–H groups in total. The van der Waals surface area contributed by atoms with Gasteiger partial charge in [-0.2, -0.15) is 0 Å². The first kappa shape index (κ1) is 21.2. The molecular formula is C19H30IN3O3. The minimum atomic E-state index is 0. The number of hydrogen-bond donors (Lipinski definition) is 2. The van der Waals surface area contributed by atoms with Crippen LogP contribution in [0.5, 0.6) is 5.75 Å². The van der Waals surface area contributed by atoms with Crippen LogP contribution in [0.3, 0.4) is 0 Å². The van der Waals surface area contributed by atoms with Crippen LogP contribution in [0, 0.1) is 0 Å². The summed E-state index contributed by atoms with van der Waals surface area (Å²) < 4.78 is 16.7. The number of halogens is 1. The van der Waals surface area contributed by atoms with Gasteiger partial charge in [0.25, 0.3) is 0 Å². The molecule has 26 heavy (non-hydrogen) atoms. The Hall–Kier alpha value is -1.06. The number of guanidine groups is 1. The van der Waals surface area contributed by atoms with Gasteiger partial charge in [0.05, 0.1) is 32.0 Å². The van der Waals surface area contributed by atoms with Crippen molar-refractivity contribution in [2.24, 2.45) is 4.99 Å². The fourth-order valence-corrected chi connectivity index (χ4v) is 3.45. The molecule has 2 saturated heterocycles. The number of aliphatic imine (C=N–C) groups is 1. The van der Waals surface area contributed by atoms with E-state index in [1.165, 1.54) is 12.8 Å². The first-order chi connectivity index (χ1) is 12.3. The van der Waals surface area contributed by atoms with Gasteiger partial charge in [-0.1, -0.05) is 12.1 Å². The number of benzene rings is 1. The molecule has 0 aromatic heterocycles. The van der Waals surface area contributed by atoms with Crippen molar-refractivity contribution in [3.63, 3.8) is 0 Å². The third-order valence-corrected chi connectivity index (χ3v) is 4.84. The molecule has 2 fully saturated rings. The average molecular weight is 475 g/mol. The Labute approximate surface area is 173 Å². The van der Waals surface area contributed by atoms with Crippen LogP contribution < -0.4 is 15.4 Å². The summed E-state index contributed by atoms with van der Waals surface area (Å²) in [4.78, 5) is 4.30. The van der Waals surface area contributed by atoms with Gasteiger partial charge in [-0.05, 0) is 43.4 Å². The molecule has 0 radical (unpaired) electrons. The smallest absolute Gasteiger partial charge is 0.191 e. The van der Waals surface area contributed by atoms with Crippen molar-refractivity contribution in [3.05, 3.63) is 29.8 Å². The zero-order valence-corrected chi connectivity index (χ0v) is 17.9. The molecule has 0 spiro atoms. The maximum Gasteiger partial charge on any atom is 0.191 e.